The fraction of sp³-hybridized carbons (Fsp3) is 0.385. The molecule has 98 valence electrons. The zero-order valence-electron chi connectivity index (χ0n) is 10.7. The Morgan fingerprint density at radius 2 is 1.94 bits per heavy atom. The Labute approximate surface area is 111 Å². The van der Waals surface area contributed by atoms with Gasteiger partial charge in [-0.2, -0.15) is 0 Å². The Morgan fingerprint density at radius 3 is 2.39 bits per heavy atom. The SMILES string of the molecule is CCC(Sc1ccc(NC(C)=O)cc1)C(=O)OC. The van der Waals surface area contributed by atoms with Crippen LogP contribution in [-0.2, 0) is 14.3 Å². The van der Waals surface area contributed by atoms with Crippen molar-refractivity contribution in [3.8, 4) is 0 Å². The van der Waals surface area contributed by atoms with Gasteiger partial charge in [-0.3, -0.25) is 9.59 Å². The van der Waals surface area contributed by atoms with Crippen LogP contribution in [0.4, 0.5) is 5.69 Å². The Balaban J connectivity index is 2.67. The molecule has 0 saturated heterocycles. The fourth-order valence-corrected chi connectivity index (χ4v) is 2.39. The maximum atomic E-state index is 11.5. The van der Waals surface area contributed by atoms with Gasteiger partial charge < -0.3 is 10.1 Å². The van der Waals surface area contributed by atoms with E-state index in [1.165, 1.54) is 25.8 Å². The summed E-state index contributed by atoms with van der Waals surface area (Å²) in [5.74, 6) is -0.315. The molecule has 1 aromatic carbocycles. The lowest BCUT2D eigenvalue weighted by Crippen LogP contribution is -2.17. The fourth-order valence-electron chi connectivity index (χ4n) is 1.41. The first-order valence-corrected chi connectivity index (χ1v) is 6.57. The van der Waals surface area contributed by atoms with Crippen LogP contribution < -0.4 is 5.32 Å². The van der Waals surface area contributed by atoms with Gasteiger partial charge in [0.2, 0.25) is 5.91 Å². The maximum Gasteiger partial charge on any atom is 0.319 e. The molecule has 0 aromatic heterocycles. The number of rotatable bonds is 5. The lowest BCUT2D eigenvalue weighted by Gasteiger charge is -2.12. The smallest absolute Gasteiger partial charge is 0.319 e. The molecule has 0 saturated carbocycles. The maximum absolute atomic E-state index is 11.5. The number of methoxy groups -OCH3 is 1. The number of benzene rings is 1. The minimum absolute atomic E-state index is 0.101. The Morgan fingerprint density at radius 1 is 1.33 bits per heavy atom. The van der Waals surface area contributed by atoms with Crippen LogP contribution in [0.3, 0.4) is 0 Å². The number of hydrogen-bond acceptors (Lipinski definition) is 4. The van der Waals surface area contributed by atoms with Crippen molar-refractivity contribution in [2.75, 3.05) is 12.4 Å². The van der Waals surface area contributed by atoms with Crippen LogP contribution in [-0.4, -0.2) is 24.2 Å². The summed E-state index contributed by atoms with van der Waals surface area (Å²) in [6.07, 6.45) is 0.713. The molecule has 1 amide bonds. The number of carbonyl (C=O) groups is 2. The van der Waals surface area contributed by atoms with E-state index in [1.54, 1.807) is 0 Å². The van der Waals surface area contributed by atoms with Crippen molar-refractivity contribution < 1.29 is 14.3 Å². The van der Waals surface area contributed by atoms with Gasteiger partial charge >= 0.3 is 5.97 Å². The van der Waals surface area contributed by atoms with E-state index in [4.69, 9.17) is 4.74 Å². The molecular formula is C13H17NO3S. The molecule has 0 fully saturated rings. The van der Waals surface area contributed by atoms with E-state index in [0.29, 0.717) is 6.42 Å². The van der Waals surface area contributed by atoms with E-state index in [2.05, 4.69) is 5.32 Å². The molecule has 5 heteroatoms. The predicted molar refractivity (Wildman–Crippen MR) is 72.7 cm³/mol. The molecule has 0 spiro atoms. The molecule has 1 unspecified atom stereocenters. The molecule has 4 nitrogen and oxygen atoms in total. The van der Waals surface area contributed by atoms with Crippen molar-refractivity contribution >= 4 is 29.3 Å². The highest BCUT2D eigenvalue weighted by Crippen LogP contribution is 2.27. The quantitative estimate of drug-likeness (QED) is 0.658. The van der Waals surface area contributed by atoms with Crippen molar-refractivity contribution in [2.24, 2.45) is 0 Å². The number of carbonyl (C=O) groups excluding carboxylic acids is 2. The number of thioether (sulfide) groups is 1. The molecular weight excluding hydrogens is 250 g/mol. The van der Waals surface area contributed by atoms with E-state index in [-0.39, 0.29) is 17.1 Å². The minimum atomic E-state index is -0.214. The van der Waals surface area contributed by atoms with Crippen molar-refractivity contribution in [1.82, 2.24) is 0 Å². The average molecular weight is 267 g/mol. The number of esters is 1. The standard InChI is InChI=1S/C13H17NO3S/c1-4-12(13(16)17-3)18-11-7-5-10(6-8-11)14-9(2)15/h5-8,12H,4H2,1-3H3,(H,14,15). The van der Waals surface area contributed by atoms with Crippen LogP contribution >= 0.6 is 11.8 Å². The van der Waals surface area contributed by atoms with Gasteiger partial charge in [0.1, 0.15) is 5.25 Å². The highest BCUT2D eigenvalue weighted by atomic mass is 32.2. The summed E-state index contributed by atoms with van der Waals surface area (Å²) >= 11 is 1.46. The van der Waals surface area contributed by atoms with Gasteiger partial charge in [-0.05, 0) is 30.7 Å². The number of anilines is 1. The van der Waals surface area contributed by atoms with Gasteiger partial charge in [-0.1, -0.05) is 6.92 Å². The minimum Gasteiger partial charge on any atom is -0.468 e. The van der Waals surface area contributed by atoms with Crippen LogP contribution in [0.1, 0.15) is 20.3 Å². The van der Waals surface area contributed by atoms with Gasteiger partial charge in [-0.25, -0.2) is 0 Å². The summed E-state index contributed by atoms with van der Waals surface area (Å²) in [5, 5.41) is 2.50. The van der Waals surface area contributed by atoms with E-state index in [9.17, 15) is 9.59 Å². The van der Waals surface area contributed by atoms with Crippen LogP contribution in [0.15, 0.2) is 29.2 Å². The summed E-state index contributed by atoms with van der Waals surface area (Å²) in [6, 6.07) is 7.38. The van der Waals surface area contributed by atoms with Crippen molar-refractivity contribution in [3.63, 3.8) is 0 Å². The molecule has 0 heterocycles. The van der Waals surface area contributed by atoms with Crippen LogP contribution in [0.2, 0.25) is 0 Å². The molecule has 0 aliphatic rings. The Hall–Kier alpha value is -1.49. The molecule has 1 rings (SSSR count). The van der Waals surface area contributed by atoms with E-state index >= 15 is 0 Å². The van der Waals surface area contributed by atoms with Gasteiger partial charge in [-0.15, -0.1) is 11.8 Å². The topological polar surface area (TPSA) is 55.4 Å². The van der Waals surface area contributed by atoms with Crippen molar-refractivity contribution in [1.29, 1.82) is 0 Å². The monoisotopic (exact) mass is 267 g/mol. The van der Waals surface area contributed by atoms with Crippen LogP contribution in [0.25, 0.3) is 0 Å². The van der Waals surface area contributed by atoms with Crippen molar-refractivity contribution in [3.05, 3.63) is 24.3 Å². The van der Waals surface area contributed by atoms with Crippen molar-refractivity contribution in [2.45, 2.75) is 30.4 Å². The van der Waals surface area contributed by atoms with Crippen LogP contribution in [0, 0.1) is 0 Å². The number of hydrogen-bond donors (Lipinski definition) is 1. The largest absolute Gasteiger partial charge is 0.468 e. The summed E-state index contributed by atoms with van der Waals surface area (Å²) in [6.45, 7) is 3.41. The van der Waals surface area contributed by atoms with Crippen LogP contribution in [0.5, 0.6) is 0 Å². The van der Waals surface area contributed by atoms with Gasteiger partial charge in [0.05, 0.1) is 7.11 Å². The Kier molecular flexibility index (Phi) is 5.71. The first-order valence-electron chi connectivity index (χ1n) is 5.69. The van der Waals surface area contributed by atoms with E-state index in [1.807, 2.05) is 31.2 Å². The third kappa shape index (κ3) is 4.41. The average Bonchev–Trinajstić information content (AvgIpc) is 2.36. The highest BCUT2D eigenvalue weighted by molar-refractivity contribution is 8.00. The lowest BCUT2D eigenvalue weighted by atomic mass is 10.3. The van der Waals surface area contributed by atoms with Gasteiger partial charge in [0.25, 0.3) is 0 Å². The summed E-state index contributed by atoms with van der Waals surface area (Å²) in [5.41, 5.74) is 0.748. The first-order chi connectivity index (χ1) is 8.56. The zero-order valence-corrected chi connectivity index (χ0v) is 11.5. The zero-order chi connectivity index (χ0) is 13.5. The normalized spacial score (nSPS) is 11.7. The number of amides is 1. The molecule has 1 atom stereocenters. The summed E-state index contributed by atoms with van der Waals surface area (Å²) < 4.78 is 4.74. The van der Waals surface area contributed by atoms with E-state index < -0.39 is 0 Å². The second kappa shape index (κ2) is 7.06. The molecule has 0 aliphatic carbocycles. The predicted octanol–water partition coefficient (Wildman–Crippen LogP) is 2.69. The highest BCUT2D eigenvalue weighted by Gasteiger charge is 2.18. The van der Waals surface area contributed by atoms with Gasteiger partial charge in [0, 0.05) is 17.5 Å². The molecule has 18 heavy (non-hydrogen) atoms. The third-order valence-electron chi connectivity index (χ3n) is 2.29. The number of nitrogens with one attached hydrogen (secondary N) is 1. The molecule has 0 aliphatic heterocycles. The molecule has 1 aromatic rings. The molecule has 0 bridgehead atoms. The summed E-state index contributed by atoms with van der Waals surface area (Å²) in [7, 11) is 1.39. The second-order valence-corrected chi connectivity index (χ2v) is 5.02. The second-order valence-electron chi connectivity index (χ2n) is 3.74. The van der Waals surface area contributed by atoms with Gasteiger partial charge in [0.15, 0.2) is 0 Å². The first kappa shape index (κ1) is 14.6. The molecule has 0 radical (unpaired) electrons. The Bertz CT molecular complexity index is 417. The lowest BCUT2D eigenvalue weighted by molar-refractivity contribution is -0.140. The summed E-state index contributed by atoms with van der Waals surface area (Å²) in [4.78, 5) is 23.3. The third-order valence-corrected chi connectivity index (χ3v) is 3.64. The molecule has 1 N–H and O–H groups in total. The number of ether oxygens (including phenoxy) is 1. The van der Waals surface area contributed by atoms with E-state index in [0.717, 1.165) is 10.6 Å².